The number of aromatic nitrogens is 3. The van der Waals surface area contributed by atoms with Gasteiger partial charge in [0.2, 0.25) is 0 Å². The SMILES string of the molecule is C=CCn1c(=NC(=O)c2cnn(-c3ccccc3)c2C)sc2cc(Cl)ccc21. The van der Waals surface area contributed by atoms with Crippen LogP contribution in [0, 0.1) is 6.92 Å². The van der Waals surface area contributed by atoms with E-state index in [1.165, 1.54) is 11.3 Å². The molecule has 0 spiro atoms. The fourth-order valence-electron chi connectivity index (χ4n) is 3.03. The van der Waals surface area contributed by atoms with Crippen LogP contribution < -0.4 is 4.80 Å². The lowest BCUT2D eigenvalue weighted by molar-refractivity contribution is 0.0997. The van der Waals surface area contributed by atoms with Gasteiger partial charge in [-0.3, -0.25) is 4.79 Å². The van der Waals surface area contributed by atoms with Crippen molar-refractivity contribution in [3.8, 4) is 5.69 Å². The van der Waals surface area contributed by atoms with E-state index >= 15 is 0 Å². The number of hydrogen-bond donors (Lipinski definition) is 0. The summed E-state index contributed by atoms with van der Waals surface area (Å²) >= 11 is 7.54. The van der Waals surface area contributed by atoms with Gasteiger partial charge in [0.1, 0.15) is 0 Å². The van der Waals surface area contributed by atoms with E-state index in [2.05, 4.69) is 16.7 Å². The number of hydrogen-bond acceptors (Lipinski definition) is 3. The molecular weight excluding hydrogens is 392 g/mol. The molecule has 0 fully saturated rings. The van der Waals surface area contributed by atoms with Gasteiger partial charge in [0.15, 0.2) is 4.80 Å². The molecule has 0 N–H and O–H groups in total. The summed E-state index contributed by atoms with van der Waals surface area (Å²) in [7, 11) is 0. The number of rotatable bonds is 4. The predicted molar refractivity (Wildman–Crippen MR) is 113 cm³/mol. The van der Waals surface area contributed by atoms with E-state index in [0.29, 0.717) is 21.9 Å². The zero-order valence-electron chi connectivity index (χ0n) is 15.2. The average Bonchev–Trinajstić information content (AvgIpc) is 3.23. The zero-order chi connectivity index (χ0) is 19.7. The lowest BCUT2D eigenvalue weighted by Crippen LogP contribution is -2.16. The lowest BCUT2D eigenvalue weighted by atomic mass is 10.2. The number of carbonyl (C=O) groups is 1. The molecule has 28 heavy (non-hydrogen) atoms. The Morgan fingerprint density at radius 2 is 2.07 bits per heavy atom. The highest BCUT2D eigenvalue weighted by atomic mass is 35.5. The Kier molecular flexibility index (Phi) is 4.98. The third-order valence-electron chi connectivity index (χ3n) is 4.39. The van der Waals surface area contributed by atoms with Gasteiger partial charge in [-0.1, -0.05) is 47.2 Å². The molecule has 2 aromatic carbocycles. The van der Waals surface area contributed by atoms with Crippen molar-refractivity contribution in [3.63, 3.8) is 0 Å². The average molecular weight is 409 g/mol. The van der Waals surface area contributed by atoms with E-state index in [-0.39, 0.29) is 5.91 Å². The minimum atomic E-state index is -0.324. The van der Waals surface area contributed by atoms with Gasteiger partial charge < -0.3 is 4.57 Å². The number of carbonyl (C=O) groups excluding carboxylic acids is 1. The van der Waals surface area contributed by atoms with Gasteiger partial charge in [0.05, 0.1) is 33.4 Å². The molecular formula is C21H17ClN4OS. The van der Waals surface area contributed by atoms with Gasteiger partial charge in [-0.2, -0.15) is 10.1 Å². The maximum atomic E-state index is 12.9. The van der Waals surface area contributed by atoms with Crippen LogP contribution in [0.15, 0.2) is 72.4 Å². The number of halogens is 1. The number of para-hydroxylation sites is 1. The van der Waals surface area contributed by atoms with Gasteiger partial charge in [0, 0.05) is 11.6 Å². The summed E-state index contributed by atoms with van der Waals surface area (Å²) in [5, 5.41) is 5.01. The van der Waals surface area contributed by atoms with Gasteiger partial charge >= 0.3 is 0 Å². The van der Waals surface area contributed by atoms with E-state index in [1.54, 1.807) is 17.0 Å². The van der Waals surface area contributed by atoms with E-state index in [4.69, 9.17) is 11.6 Å². The van der Waals surface area contributed by atoms with Crippen LogP contribution in [0.2, 0.25) is 5.02 Å². The van der Waals surface area contributed by atoms with E-state index in [0.717, 1.165) is 21.6 Å². The summed E-state index contributed by atoms with van der Waals surface area (Å²) in [4.78, 5) is 17.9. The van der Waals surface area contributed by atoms with Crippen LogP contribution in [0.25, 0.3) is 15.9 Å². The van der Waals surface area contributed by atoms with Crippen LogP contribution in [0.5, 0.6) is 0 Å². The Balaban J connectivity index is 1.80. The Hall–Kier alpha value is -2.96. The Morgan fingerprint density at radius 1 is 1.29 bits per heavy atom. The minimum Gasteiger partial charge on any atom is -0.312 e. The molecule has 5 nitrogen and oxygen atoms in total. The van der Waals surface area contributed by atoms with E-state index in [1.807, 2.05) is 60.0 Å². The summed E-state index contributed by atoms with van der Waals surface area (Å²) < 4.78 is 4.67. The molecule has 0 aliphatic rings. The number of amides is 1. The zero-order valence-corrected chi connectivity index (χ0v) is 16.7. The highest BCUT2D eigenvalue weighted by Gasteiger charge is 2.15. The van der Waals surface area contributed by atoms with Crippen LogP contribution in [-0.4, -0.2) is 20.3 Å². The molecule has 4 aromatic rings. The summed E-state index contributed by atoms with van der Waals surface area (Å²) in [5.74, 6) is -0.324. The van der Waals surface area contributed by atoms with Crippen LogP contribution >= 0.6 is 22.9 Å². The largest absolute Gasteiger partial charge is 0.312 e. The summed E-state index contributed by atoms with van der Waals surface area (Å²) in [6.45, 7) is 6.23. The second-order valence-electron chi connectivity index (χ2n) is 6.20. The molecule has 2 heterocycles. The number of fused-ring (bicyclic) bond motifs is 1. The maximum Gasteiger partial charge on any atom is 0.283 e. The number of allylic oxidation sites excluding steroid dienone is 1. The minimum absolute atomic E-state index is 0.324. The summed E-state index contributed by atoms with van der Waals surface area (Å²) in [6.07, 6.45) is 3.35. The molecule has 4 rings (SSSR count). The Bertz CT molecular complexity index is 1250. The van der Waals surface area contributed by atoms with E-state index in [9.17, 15) is 4.79 Å². The fraction of sp³-hybridized carbons (Fsp3) is 0.0952. The Morgan fingerprint density at radius 3 is 2.82 bits per heavy atom. The first-order valence-corrected chi connectivity index (χ1v) is 9.87. The topological polar surface area (TPSA) is 52.2 Å². The molecule has 0 saturated carbocycles. The van der Waals surface area contributed by atoms with Crippen LogP contribution in [0.4, 0.5) is 0 Å². The van der Waals surface area contributed by atoms with Crippen LogP contribution in [0.1, 0.15) is 16.1 Å². The maximum absolute atomic E-state index is 12.9. The van der Waals surface area contributed by atoms with Gasteiger partial charge in [-0.05, 0) is 37.3 Å². The van der Waals surface area contributed by atoms with Crippen molar-refractivity contribution < 1.29 is 4.79 Å². The molecule has 0 bridgehead atoms. The smallest absolute Gasteiger partial charge is 0.283 e. The third kappa shape index (κ3) is 3.32. The van der Waals surface area contributed by atoms with Crippen molar-refractivity contribution in [2.45, 2.75) is 13.5 Å². The van der Waals surface area contributed by atoms with Gasteiger partial charge in [-0.25, -0.2) is 4.68 Å². The summed E-state index contributed by atoms with van der Waals surface area (Å²) in [6, 6.07) is 15.3. The molecule has 0 aliphatic carbocycles. The van der Waals surface area contributed by atoms with Crippen molar-refractivity contribution >= 4 is 39.1 Å². The Labute approximate surface area is 170 Å². The molecule has 0 radical (unpaired) electrons. The second-order valence-corrected chi connectivity index (χ2v) is 7.65. The molecule has 7 heteroatoms. The third-order valence-corrected chi connectivity index (χ3v) is 5.67. The first-order valence-electron chi connectivity index (χ1n) is 8.67. The van der Waals surface area contributed by atoms with Crippen molar-refractivity contribution in [3.05, 3.63) is 88.5 Å². The molecule has 0 unspecified atom stereocenters. The first kappa shape index (κ1) is 18.4. The van der Waals surface area contributed by atoms with Crippen LogP contribution in [0.3, 0.4) is 0 Å². The standard InChI is InChI=1S/C21H17ClN4OS/c1-3-11-25-18-10-9-15(22)12-19(18)28-21(25)24-20(27)17-13-23-26(14(17)2)16-7-5-4-6-8-16/h3-10,12-13H,1,11H2,2H3. The predicted octanol–water partition coefficient (Wildman–Crippen LogP) is 4.78. The van der Waals surface area contributed by atoms with Crippen LogP contribution in [-0.2, 0) is 6.54 Å². The quantitative estimate of drug-likeness (QED) is 0.456. The molecule has 140 valence electrons. The number of nitrogens with zero attached hydrogens (tertiary/aromatic N) is 4. The second kappa shape index (κ2) is 7.58. The monoisotopic (exact) mass is 408 g/mol. The number of benzene rings is 2. The van der Waals surface area contributed by atoms with Crippen molar-refractivity contribution in [2.24, 2.45) is 4.99 Å². The van der Waals surface area contributed by atoms with E-state index < -0.39 is 0 Å². The summed E-state index contributed by atoms with van der Waals surface area (Å²) in [5.41, 5.74) is 3.10. The lowest BCUT2D eigenvalue weighted by Gasteiger charge is -2.04. The normalized spacial score (nSPS) is 11.9. The molecule has 0 atom stereocenters. The molecule has 0 saturated heterocycles. The van der Waals surface area contributed by atoms with Crippen molar-refractivity contribution in [1.29, 1.82) is 0 Å². The highest BCUT2D eigenvalue weighted by Crippen LogP contribution is 2.22. The molecule has 2 aromatic heterocycles. The van der Waals surface area contributed by atoms with Gasteiger partial charge in [-0.15, -0.1) is 6.58 Å². The molecule has 0 aliphatic heterocycles. The number of thiazole rings is 1. The van der Waals surface area contributed by atoms with Gasteiger partial charge in [0.25, 0.3) is 5.91 Å². The highest BCUT2D eigenvalue weighted by molar-refractivity contribution is 7.16. The van der Waals surface area contributed by atoms with Crippen molar-refractivity contribution in [1.82, 2.24) is 14.3 Å². The molecule has 1 amide bonds. The fourth-order valence-corrected chi connectivity index (χ4v) is 4.35. The van der Waals surface area contributed by atoms with Crippen molar-refractivity contribution in [2.75, 3.05) is 0 Å². The first-order chi connectivity index (χ1) is 13.6.